The average Bonchev–Trinajstić information content (AvgIpc) is 2.58. The molecule has 2 heterocycles. The molecule has 0 N–H and O–H groups in total. The quantitative estimate of drug-likeness (QED) is 0.606. The van der Waals surface area contributed by atoms with Gasteiger partial charge in [-0.3, -0.25) is 0 Å². The van der Waals surface area contributed by atoms with Gasteiger partial charge in [0.25, 0.3) is 0 Å². The maximum Gasteiger partial charge on any atom is 0.181 e. The lowest BCUT2D eigenvalue weighted by Gasteiger charge is -1.89. The van der Waals surface area contributed by atoms with E-state index < -0.39 is 0 Å². The van der Waals surface area contributed by atoms with Gasteiger partial charge < -0.3 is 4.42 Å². The Kier molecular flexibility index (Phi) is 1.37. The molecule has 0 amide bonds. The van der Waals surface area contributed by atoms with Crippen LogP contribution < -0.4 is 0 Å². The fraction of sp³-hybridized carbons (Fsp3) is 0. The van der Waals surface area contributed by atoms with Crippen molar-refractivity contribution in [2.24, 2.45) is 0 Å². The highest BCUT2D eigenvalue weighted by Crippen LogP contribution is 2.12. The summed E-state index contributed by atoms with van der Waals surface area (Å²) in [4.78, 5) is 3.76. The molecule has 0 aromatic carbocycles. The minimum Gasteiger partial charge on any atom is -0.442 e. The highest BCUT2D eigenvalue weighted by molar-refractivity contribution is 5.48. The third kappa shape index (κ3) is 1.10. The SMILES string of the molecule is c1cnnc(-c2cnco2)c1. The van der Waals surface area contributed by atoms with E-state index in [4.69, 9.17) is 4.42 Å². The zero-order valence-corrected chi connectivity index (χ0v) is 5.64. The Morgan fingerprint density at radius 1 is 1.36 bits per heavy atom. The van der Waals surface area contributed by atoms with Gasteiger partial charge in [-0.25, -0.2) is 4.98 Å². The van der Waals surface area contributed by atoms with E-state index in [1.54, 1.807) is 18.5 Å². The summed E-state index contributed by atoms with van der Waals surface area (Å²) in [5, 5.41) is 7.54. The lowest BCUT2D eigenvalue weighted by molar-refractivity contribution is 0.569. The van der Waals surface area contributed by atoms with Gasteiger partial charge >= 0.3 is 0 Å². The molecule has 0 saturated carbocycles. The summed E-state index contributed by atoms with van der Waals surface area (Å²) in [5.41, 5.74) is 0.699. The number of oxazole rings is 1. The summed E-state index contributed by atoms with van der Waals surface area (Å²) >= 11 is 0. The first kappa shape index (κ1) is 6.03. The third-order valence-corrected chi connectivity index (χ3v) is 1.26. The molecule has 2 aromatic heterocycles. The van der Waals surface area contributed by atoms with Gasteiger partial charge in [-0.1, -0.05) is 0 Å². The molecule has 54 valence electrons. The molecule has 0 radical (unpaired) electrons. The number of aromatic nitrogens is 3. The molecular formula is C7H5N3O. The summed E-state index contributed by atoms with van der Waals surface area (Å²) in [6, 6.07) is 3.61. The molecule has 0 atom stereocenters. The molecule has 0 bridgehead atoms. The van der Waals surface area contributed by atoms with Gasteiger partial charge in [0.05, 0.1) is 6.20 Å². The zero-order valence-electron chi connectivity index (χ0n) is 5.64. The van der Waals surface area contributed by atoms with Gasteiger partial charge in [-0.05, 0) is 12.1 Å². The van der Waals surface area contributed by atoms with Crippen LogP contribution >= 0.6 is 0 Å². The summed E-state index contributed by atoms with van der Waals surface area (Å²) in [6.07, 6.45) is 4.58. The van der Waals surface area contributed by atoms with Crippen molar-refractivity contribution in [2.75, 3.05) is 0 Å². The molecule has 2 rings (SSSR count). The topological polar surface area (TPSA) is 51.8 Å². The lowest BCUT2D eigenvalue weighted by Crippen LogP contribution is -1.82. The molecule has 2 aromatic rings. The van der Waals surface area contributed by atoms with Gasteiger partial charge in [0, 0.05) is 6.20 Å². The second-order valence-electron chi connectivity index (χ2n) is 1.97. The van der Waals surface area contributed by atoms with Gasteiger partial charge in [-0.15, -0.1) is 5.10 Å². The largest absolute Gasteiger partial charge is 0.442 e. The van der Waals surface area contributed by atoms with Crippen LogP contribution in [0.3, 0.4) is 0 Å². The van der Waals surface area contributed by atoms with Crippen LogP contribution in [0.4, 0.5) is 0 Å². The van der Waals surface area contributed by atoms with Gasteiger partial charge in [-0.2, -0.15) is 5.10 Å². The van der Waals surface area contributed by atoms with Crippen molar-refractivity contribution in [1.29, 1.82) is 0 Å². The molecule has 0 unspecified atom stereocenters. The maximum absolute atomic E-state index is 5.01. The minimum absolute atomic E-state index is 0.637. The fourth-order valence-corrected chi connectivity index (χ4v) is 0.775. The molecule has 0 aliphatic carbocycles. The number of hydrogen-bond acceptors (Lipinski definition) is 4. The second-order valence-corrected chi connectivity index (χ2v) is 1.97. The fourth-order valence-electron chi connectivity index (χ4n) is 0.775. The molecule has 0 aliphatic rings. The number of nitrogens with zero attached hydrogens (tertiary/aromatic N) is 3. The van der Waals surface area contributed by atoms with E-state index in [0.717, 1.165) is 0 Å². The molecule has 4 nitrogen and oxygen atoms in total. The van der Waals surface area contributed by atoms with Gasteiger partial charge in [0.2, 0.25) is 0 Å². The van der Waals surface area contributed by atoms with E-state index >= 15 is 0 Å². The smallest absolute Gasteiger partial charge is 0.181 e. The number of rotatable bonds is 1. The van der Waals surface area contributed by atoms with Crippen molar-refractivity contribution in [3.8, 4) is 11.5 Å². The van der Waals surface area contributed by atoms with Crippen LogP contribution in [0.1, 0.15) is 0 Å². The van der Waals surface area contributed by atoms with Crippen LogP contribution in [-0.4, -0.2) is 15.2 Å². The van der Waals surface area contributed by atoms with Crippen molar-refractivity contribution >= 4 is 0 Å². The summed E-state index contributed by atoms with van der Waals surface area (Å²) in [7, 11) is 0. The van der Waals surface area contributed by atoms with Crippen LogP contribution in [0.15, 0.2) is 35.3 Å². The van der Waals surface area contributed by atoms with Crippen LogP contribution in [0.25, 0.3) is 11.5 Å². The molecule has 11 heavy (non-hydrogen) atoms. The Labute approximate surface area is 62.9 Å². The highest BCUT2D eigenvalue weighted by atomic mass is 16.3. The van der Waals surface area contributed by atoms with E-state index in [-0.39, 0.29) is 0 Å². The molecule has 0 fully saturated rings. The number of hydrogen-bond donors (Lipinski definition) is 0. The van der Waals surface area contributed by atoms with Gasteiger partial charge in [0.15, 0.2) is 12.2 Å². The summed E-state index contributed by atoms with van der Waals surface area (Å²) < 4.78 is 5.01. The molecule has 0 saturated heterocycles. The van der Waals surface area contributed by atoms with Crippen LogP contribution in [0, 0.1) is 0 Å². The predicted molar refractivity (Wildman–Crippen MR) is 37.5 cm³/mol. The third-order valence-electron chi connectivity index (χ3n) is 1.26. The van der Waals surface area contributed by atoms with Crippen molar-refractivity contribution in [2.45, 2.75) is 0 Å². The second kappa shape index (κ2) is 2.49. The first-order valence-electron chi connectivity index (χ1n) is 3.13. The zero-order chi connectivity index (χ0) is 7.52. The van der Waals surface area contributed by atoms with E-state index in [1.165, 1.54) is 6.39 Å². The lowest BCUT2D eigenvalue weighted by atomic mass is 10.3. The van der Waals surface area contributed by atoms with Crippen LogP contribution in [0.2, 0.25) is 0 Å². The first-order valence-corrected chi connectivity index (χ1v) is 3.13. The minimum atomic E-state index is 0.637. The van der Waals surface area contributed by atoms with Crippen LogP contribution in [-0.2, 0) is 0 Å². The molecule has 0 aliphatic heterocycles. The van der Waals surface area contributed by atoms with Crippen LogP contribution in [0.5, 0.6) is 0 Å². The monoisotopic (exact) mass is 147 g/mol. The van der Waals surface area contributed by atoms with E-state index in [1.807, 2.05) is 6.07 Å². The van der Waals surface area contributed by atoms with Crippen molar-refractivity contribution in [3.63, 3.8) is 0 Å². The van der Waals surface area contributed by atoms with E-state index in [9.17, 15) is 0 Å². The Balaban J connectivity index is 2.46. The van der Waals surface area contributed by atoms with Crippen molar-refractivity contribution in [1.82, 2.24) is 15.2 Å². The standard InChI is InChI=1S/C7H5N3O/c1-2-6(10-9-3-1)7-4-8-5-11-7/h1-5H. The first-order chi connectivity index (χ1) is 5.47. The Bertz CT molecular complexity index is 317. The Hall–Kier alpha value is -1.71. The molecule has 4 heteroatoms. The predicted octanol–water partition coefficient (Wildman–Crippen LogP) is 1.13. The summed E-state index contributed by atoms with van der Waals surface area (Å²) in [5.74, 6) is 0.637. The van der Waals surface area contributed by atoms with Gasteiger partial charge in [0.1, 0.15) is 5.69 Å². The molecule has 0 spiro atoms. The Morgan fingerprint density at radius 3 is 3.00 bits per heavy atom. The normalized spacial score (nSPS) is 9.82. The van der Waals surface area contributed by atoms with Crippen molar-refractivity contribution in [3.05, 3.63) is 30.9 Å². The van der Waals surface area contributed by atoms with E-state index in [2.05, 4.69) is 15.2 Å². The maximum atomic E-state index is 5.01. The summed E-state index contributed by atoms with van der Waals surface area (Å²) in [6.45, 7) is 0. The Morgan fingerprint density at radius 2 is 2.36 bits per heavy atom. The average molecular weight is 147 g/mol. The van der Waals surface area contributed by atoms with E-state index in [0.29, 0.717) is 11.5 Å². The molecular weight excluding hydrogens is 142 g/mol. The van der Waals surface area contributed by atoms with Crippen molar-refractivity contribution < 1.29 is 4.42 Å². The highest BCUT2D eigenvalue weighted by Gasteiger charge is 2.00.